The Morgan fingerprint density at radius 1 is 1.12 bits per heavy atom. The minimum Gasteiger partial charge on any atom is -0.508 e. The molecule has 1 aromatic carbocycles. The molecule has 2 aromatic heterocycles. The molecule has 6 nitrogen and oxygen atoms in total. The Kier molecular flexibility index (Phi) is 4.65. The highest BCUT2D eigenvalue weighted by atomic mass is 16.5. The summed E-state index contributed by atoms with van der Waals surface area (Å²) in [6.45, 7) is 3.31. The molecule has 4 N–H and O–H groups in total. The lowest BCUT2D eigenvalue weighted by Gasteiger charge is -2.09. The van der Waals surface area contributed by atoms with E-state index in [1.165, 1.54) is 0 Å². The number of phenols is 1. The number of benzene rings is 1. The van der Waals surface area contributed by atoms with Crippen LogP contribution in [0.15, 0.2) is 42.5 Å². The van der Waals surface area contributed by atoms with Crippen molar-refractivity contribution in [3.63, 3.8) is 0 Å². The van der Waals surface area contributed by atoms with Crippen molar-refractivity contribution in [2.45, 2.75) is 13.3 Å². The van der Waals surface area contributed by atoms with Crippen LogP contribution >= 0.6 is 0 Å². The van der Waals surface area contributed by atoms with Gasteiger partial charge in [0, 0.05) is 23.7 Å². The molecule has 2 heterocycles. The largest absolute Gasteiger partial charge is 0.508 e. The second kappa shape index (κ2) is 7.04. The van der Waals surface area contributed by atoms with Crippen LogP contribution in [-0.4, -0.2) is 28.2 Å². The predicted octanol–water partition coefficient (Wildman–Crippen LogP) is 3.11. The standard InChI is InChI=1S/C18H20N4O2/c1-12-11-17(22-18-15(12)7-8-16(19)21-18)24-10-2-9-20-13-3-5-14(23)6-4-13/h3-8,11,20,23H,2,9-10H2,1H3,(H2,19,21,22). The fourth-order valence-electron chi connectivity index (χ4n) is 2.39. The highest BCUT2D eigenvalue weighted by Crippen LogP contribution is 2.21. The maximum atomic E-state index is 9.24. The molecule has 3 rings (SSSR count). The molecule has 0 unspecified atom stereocenters. The van der Waals surface area contributed by atoms with Gasteiger partial charge < -0.3 is 20.9 Å². The first-order valence-corrected chi connectivity index (χ1v) is 7.81. The van der Waals surface area contributed by atoms with E-state index in [1.807, 2.05) is 31.2 Å². The first-order chi connectivity index (χ1) is 11.6. The van der Waals surface area contributed by atoms with E-state index in [9.17, 15) is 5.11 Å². The number of fused-ring (bicyclic) bond motifs is 1. The SMILES string of the molecule is Cc1cc(OCCCNc2ccc(O)cc2)nc2nc(N)ccc12. The maximum absolute atomic E-state index is 9.24. The summed E-state index contributed by atoms with van der Waals surface area (Å²) in [5.74, 6) is 1.27. The highest BCUT2D eigenvalue weighted by Gasteiger charge is 2.05. The zero-order valence-electron chi connectivity index (χ0n) is 13.5. The Balaban J connectivity index is 1.53. The fraction of sp³-hybridized carbons (Fsp3) is 0.222. The van der Waals surface area contributed by atoms with E-state index in [1.54, 1.807) is 18.2 Å². The normalized spacial score (nSPS) is 10.7. The second-order valence-corrected chi connectivity index (χ2v) is 5.56. The second-order valence-electron chi connectivity index (χ2n) is 5.56. The van der Waals surface area contributed by atoms with Gasteiger partial charge in [0.25, 0.3) is 0 Å². The van der Waals surface area contributed by atoms with Crippen molar-refractivity contribution in [3.8, 4) is 11.6 Å². The van der Waals surface area contributed by atoms with Crippen molar-refractivity contribution in [1.29, 1.82) is 0 Å². The lowest BCUT2D eigenvalue weighted by molar-refractivity contribution is 0.304. The van der Waals surface area contributed by atoms with Crippen LogP contribution in [0.2, 0.25) is 0 Å². The van der Waals surface area contributed by atoms with Gasteiger partial charge in [-0.05, 0) is 55.3 Å². The number of ether oxygens (including phenoxy) is 1. The molecule has 0 bridgehead atoms. The molecular formula is C18H20N4O2. The Hall–Kier alpha value is -3.02. The first-order valence-electron chi connectivity index (χ1n) is 7.81. The van der Waals surface area contributed by atoms with Gasteiger partial charge in [-0.1, -0.05) is 0 Å². The summed E-state index contributed by atoms with van der Waals surface area (Å²) in [6.07, 6.45) is 0.823. The molecule has 124 valence electrons. The summed E-state index contributed by atoms with van der Waals surface area (Å²) >= 11 is 0. The highest BCUT2D eigenvalue weighted by molar-refractivity contribution is 5.80. The summed E-state index contributed by atoms with van der Waals surface area (Å²) in [7, 11) is 0. The Labute approximate surface area is 140 Å². The van der Waals surface area contributed by atoms with Crippen molar-refractivity contribution in [2.75, 3.05) is 24.2 Å². The van der Waals surface area contributed by atoms with Gasteiger partial charge in [-0.25, -0.2) is 4.98 Å². The van der Waals surface area contributed by atoms with Gasteiger partial charge in [-0.3, -0.25) is 0 Å². The number of nitrogens with zero attached hydrogens (tertiary/aromatic N) is 2. The third kappa shape index (κ3) is 3.84. The zero-order valence-corrected chi connectivity index (χ0v) is 13.5. The van der Waals surface area contributed by atoms with Gasteiger partial charge in [0.1, 0.15) is 11.6 Å². The molecule has 0 atom stereocenters. The minimum absolute atomic E-state index is 0.260. The van der Waals surface area contributed by atoms with Crippen LogP contribution in [0, 0.1) is 6.92 Å². The molecule has 0 radical (unpaired) electrons. The number of anilines is 2. The Morgan fingerprint density at radius 2 is 1.92 bits per heavy atom. The van der Waals surface area contributed by atoms with Gasteiger partial charge in [0.05, 0.1) is 6.61 Å². The monoisotopic (exact) mass is 324 g/mol. The maximum Gasteiger partial charge on any atom is 0.215 e. The van der Waals surface area contributed by atoms with Crippen molar-refractivity contribution in [2.24, 2.45) is 0 Å². The molecular weight excluding hydrogens is 304 g/mol. The summed E-state index contributed by atoms with van der Waals surface area (Å²) in [5, 5.41) is 13.5. The molecule has 0 spiro atoms. The van der Waals surface area contributed by atoms with Crippen LogP contribution in [0.5, 0.6) is 11.6 Å². The average molecular weight is 324 g/mol. The number of hydrogen-bond donors (Lipinski definition) is 3. The van der Waals surface area contributed by atoms with Crippen LogP contribution in [0.3, 0.4) is 0 Å². The van der Waals surface area contributed by atoms with Crippen molar-refractivity contribution in [1.82, 2.24) is 9.97 Å². The van der Waals surface area contributed by atoms with E-state index in [-0.39, 0.29) is 5.75 Å². The number of phenolic OH excluding ortho intramolecular Hbond substituents is 1. The van der Waals surface area contributed by atoms with Crippen LogP contribution in [0.4, 0.5) is 11.5 Å². The van der Waals surface area contributed by atoms with E-state index in [0.29, 0.717) is 24.0 Å². The third-order valence-electron chi connectivity index (χ3n) is 3.65. The van der Waals surface area contributed by atoms with E-state index in [0.717, 1.165) is 29.6 Å². The van der Waals surface area contributed by atoms with E-state index < -0.39 is 0 Å². The van der Waals surface area contributed by atoms with Crippen LogP contribution < -0.4 is 15.8 Å². The summed E-state index contributed by atoms with van der Waals surface area (Å²) in [5.41, 5.74) is 8.34. The Morgan fingerprint density at radius 3 is 2.71 bits per heavy atom. The zero-order chi connectivity index (χ0) is 16.9. The number of nitrogens with two attached hydrogens (primary N) is 1. The molecule has 0 aliphatic heterocycles. The number of aromatic hydroxyl groups is 1. The van der Waals surface area contributed by atoms with E-state index in [2.05, 4.69) is 15.3 Å². The summed E-state index contributed by atoms with van der Waals surface area (Å²) < 4.78 is 5.72. The molecule has 0 fully saturated rings. The van der Waals surface area contributed by atoms with Crippen molar-refractivity contribution >= 4 is 22.5 Å². The number of nitrogens with one attached hydrogen (secondary N) is 1. The quantitative estimate of drug-likeness (QED) is 0.476. The summed E-state index contributed by atoms with van der Waals surface area (Å²) in [4.78, 5) is 8.64. The van der Waals surface area contributed by atoms with E-state index >= 15 is 0 Å². The van der Waals surface area contributed by atoms with Crippen LogP contribution in [0.25, 0.3) is 11.0 Å². The number of pyridine rings is 2. The average Bonchev–Trinajstić information content (AvgIpc) is 2.56. The molecule has 3 aromatic rings. The lowest BCUT2D eigenvalue weighted by Crippen LogP contribution is -2.08. The summed E-state index contributed by atoms with van der Waals surface area (Å²) in [6, 6.07) is 12.6. The molecule has 6 heteroatoms. The fourth-order valence-corrected chi connectivity index (χ4v) is 2.39. The molecule has 0 aliphatic rings. The number of nitrogen functional groups attached to an aromatic ring is 1. The van der Waals surface area contributed by atoms with Gasteiger partial charge in [0.15, 0.2) is 5.65 Å². The molecule has 0 saturated carbocycles. The predicted molar refractivity (Wildman–Crippen MR) is 95.4 cm³/mol. The molecule has 0 aliphatic carbocycles. The van der Waals surface area contributed by atoms with Gasteiger partial charge in [0.2, 0.25) is 5.88 Å². The van der Waals surface area contributed by atoms with E-state index in [4.69, 9.17) is 10.5 Å². The van der Waals surface area contributed by atoms with Gasteiger partial charge in [-0.2, -0.15) is 4.98 Å². The number of aryl methyl sites for hydroxylation is 1. The number of hydrogen-bond acceptors (Lipinski definition) is 6. The molecule has 24 heavy (non-hydrogen) atoms. The van der Waals surface area contributed by atoms with Crippen LogP contribution in [-0.2, 0) is 0 Å². The molecule has 0 saturated heterocycles. The van der Waals surface area contributed by atoms with Gasteiger partial charge in [-0.15, -0.1) is 0 Å². The van der Waals surface area contributed by atoms with Crippen molar-refractivity contribution < 1.29 is 9.84 Å². The number of rotatable bonds is 6. The minimum atomic E-state index is 0.260. The smallest absolute Gasteiger partial charge is 0.215 e. The van der Waals surface area contributed by atoms with Crippen LogP contribution in [0.1, 0.15) is 12.0 Å². The lowest BCUT2D eigenvalue weighted by atomic mass is 10.2. The topological polar surface area (TPSA) is 93.3 Å². The third-order valence-corrected chi connectivity index (χ3v) is 3.65. The van der Waals surface area contributed by atoms with Crippen molar-refractivity contribution in [3.05, 3.63) is 48.0 Å². The number of aromatic nitrogens is 2. The Bertz CT molecular complexity index is 834. The van der Waals surface area contributed by atoms with Gasteiger partial charge >= 0.3 is 0 Å². The molecule has 0 amide bonds. The first kappa shape index (κ1) is 15.9.